The molecule has 1 aliphatic carbocycles. The van der Waals surface area contributed by atoms with E-state index in [2.05, 4.69) is 5.32 Å². The third-order valence-electron chi connectivity index (χ3n) is 6.39. The normalized spacial score (nSPS) is 21.5. The van der Waals surface area contributed by atoms with Crippen LogP contribution < -0.4 is 10.1 Å². The molecule has 1 aliphatic heterocycles. The van der Waals surface area contributed by atoms with E-state index in [1.165, 1.54) is 0 Å². The van der Waals surface area contributed by atoms with Crippen LogP contribution in [0.4, 0.5) is 5.69 Å². The standard InChI is InChI=1S/C27H21Cl2NO3/c1-2-33-25-9-4-3-8-19(25)20-15-27(21-11-10-18(29)13-23(21)30-26(27)32)22(14-24(20)31)16-6-5-7-17(28)12-16/h3-13,15,22H,2,14H2,1H3,(H,30,32)/t22-,27+/m0/s1. The lowest BCUT2D eigenvalue weighted by molar-refractivity contribution is -0.121. The first-order valence-corrected chi connectivity index (χ1v) is 11.5. The largest absolute Gasteiger partial charge is 0.493 e. The molecule has 2 atom stereocenters. The van der Waals surface area contributed by atoms with E-state index in [4.69, 9.17) is 27.9 Å². The molecule has 0 saturated heterocycles. The van der Waals surface area contributed by atoms with Crippen molar-refractivity contribution in [2.45, 2.75) is 24.7 Å². The number of amides is 1. The van der Waals surface area contributed by atoms with Gasteiger partial charge in [-0.3, -0.25) is 9.59 Å². The van der Waals surface area contributed by atoms with Crippen molar-refractivity contribution in [3.05, 3.63) is 99.5 Å². The molecule has 5 rings (SSSR count). The number of ketones is 1. The van der Waals surface area contributed by atoms with Crippen LogP contribution in [-0.2, 0) is 15.0 Å². The molecule has 0 aromatic heterocycles. The van der Waals surface area contributed by atoms with E-state index in [0.29, 0.717) is 39.2 Å². The number of benzene rings is 3. The number of hydrogen-bond donors (Lipinski definition) is 1. The molecule has 1 spiro atoms. The van der Waals surface area contributed by atoms with Crippen LogP contribution in [-0.4, -0.2) is 18.3 Å². The third kappa shape index (κ3) is 3.54. The van der Waals surface area contributed by atoms with Gasteiger partial charge >= 0.3 is 0 Å². The Morgan fingerprint density at radius 3 is 2.58 bits per heavy atom. The van der Waals surface area contributed by atoms with E-state index >= 15 is 0 Å². The molecule has 1 N–H and O–H groups in total. The number of carbonyl (C=O) groups is 2. The molecule has 166 valence electrons. The quantitative estimate of drug-likeness (QED) is 0.471. The Labute approximate surface area is 202 Å². The number of anilines is 1. The number of carbonyl (C=O) groups excluding carboxylic acids is 2. The van der Waals surface area contributed by atoms with Gasteiger partial charge in [0, 0.05) is 39.2 Å². The summed E-state index contributed by atoms with van der Waals surface area (Å²) in [6.07, 6.45) is 1.97. The average Bonchev–Trinajstić information content (AvgIpc) is 3.06. The maximum Gasteiger partial charge on any atom is 0.239 e. The molecule has 1 heterocycles. The first-order chi connectivity index (χ1) is 15.9. The molecule has 1 amide bonds. The van der Waals surface area contributed by atoms with E-state index in [-0.39, 0.29) is 18.1 Å². The molecule has 3 aromatic carbocycles. The zero-order valence-corrected chi connectivity index (χ0v) is 19.4. The van der Waals surface area contributed by atoms with Gasteiger partial charge in [-0.15, -0.1) is 0 Å². The summed E-state index contributed by atoms with van der Waals surface area (Å²) in [7, 11) is 0. The van der Waals surface area contributed by atoms with Gasteiger partial charge in [0.2, 0.25) is 5.91 Å². The number of Topliss-reactive ketones (excluding diaryl/α,β-unsaturated/α-hetero) is 1. The Hall–Kier alpha value is -3.08. The van der Waals surface area contributed by atoms with Crippen molar-refractivity contribution in [3.8, 4) is 5.75 Å². The molecular formula is C27H21Cl2NO3. The van der Waals surface area contributed by atoms with E-state index in [9.17, 15) is 9.59 Å². The molecule has 0 radical (unpaired) electrons. The molecule has 2 aliphatic rings. The highest BCUT2D eigenvalue weighted by Crippen LogP contribution is 2.54. The van der Waals surface area contributed by atoms with Gasteiger partial charge in [-0.2, -0.15) is 0 Å². The monoisotopic (exact) mass is 477 g/mol. The van der Waals surface area contributed by atoms with E-state index in [1.807, 2.05) is 61.5 Å². The van der Waals surface area contributed by atoms with Crippen molar-refractivity contribution in [2.75, 3.05) is 11.9 Å². The van der Waals surface area contributed by atoms with Crippen LogP contribution in [0.25, 0.3) is 5.57 Å². The topological polar surface area (TPSA) is 55.4 Å². The Balaban J connectivity index is 1.78. The predicted octanol–water partition coefficient (Wildman–Crippen LogP) is 6.42. The van der Waals surface area contributed by atoms with Gasteiger partial charge in [-0.05, 0) is 48.4 Å². The van der Waals surface area contributed by atoms with Crippen LogP contribution in [0.1, 0.15) is 36.0 Å². The van der Waals surface area contributed by atoms with Crippen molar-refractivity contribution >= 4 is 46.2 Å². The second-order valence-corrected chi connectivity index (χ2v) is 9.11. The number of rotatable bonds is 4. The molecule has 0 saturated carbocycles. The molecule has 0 fully saturated rings. The number of halogens is 2. The van der Waals surface area contributed by atoms with Crippen LogP contribution in [0.2, 0.25) is 10.0 Å². The number of hydrogen-bond acceptors (Lipinski definition) is 3. The Bertz CT molecular complexity index is 1320. The van der Waals surface area contributed by atoms with Gasteiger partial charge in [0.15, 0.2) is 5.78 Å². The number of nitrogens with one attached hydrogen (secondary N) is 1. The van der Waals surface area contributed by atoms with Crippen LogP contribution in [0.15, 0.2) is 72.8 Å². The molecule has 3 aromatic rings. The van der Waals surface area contributed by atoms with Crippen molar-refractivity contribution in [3.63, 3.8) is 0 Å². The van der Waals surface area contributed by atoms with Gasteiger partial charge in [0.25, 0.3) is 0 Å². The van der Waals surface area contributed by atoms with Crippen molar-refractivity contribution in [1.29, 1.82) is 0 Å². The molecule has 0 unspecified atom stereocenters. The average molecular weight is 478 g/mol. The van der Waals surface area contributed by atoms with Gasteiger partial charge in [-0.1, -0.05) is 65.7 Å². The lowest BCUT2D eigenvalue weighted by atomic mass is 9.61. The summed E-state index contributed by atoms with van der Waals surface area (Å²) >= 11 is 12.5. The minimum atomic E-state index is -1.09. The maximum atomic E-state index is 13.7. The van der Waals surface area contributed by atoms with Gasteiger partial charge < -0.3 is 10.1 Å². The maximum absolute atomic E-state index is 13.7. The second-order valence-electron chi connectivity index (χ2n) is 8.24. The molecular weight excluding hydrogens is 457 g/mol. The molecule has 4 nitrogen and oxygen atoms in total. The summed E-state index contributed by atoms with van der Waals surface area (Å²) in [5, 5.41) is 4.08. The molecule has 0 bridgehead atoms. The summed E-state index contributed by atoms with van der Waals surface area (Å²) in [6, 6.07) is 20.2. The fourth-order valence-corrected chi connectivity index (χ4v) is 5.36. The predicted molar refractivity (Wildman–Crippen MR) is 131 cm³/mol. The third-order valence-corrected chi connectivity index (χ3v) is 6.86. The van der Waals surface area contributed by atoms with Crippen molar-refractivity contribution < 1.29 is 14.3 Å². The van der Waals surface area contributed by atoms with Gasteiger partial charge in [-0.25, -0.2) is 0 Å². The molecule has 6 heteroatoms. The van der Waals surface area contributed by atoms with E-state index < -0.39 is 11.3 Å². The molecule has 33 heavy (non-hydrogen) atoms. The number of ether oxygens (including phenoxy) is 1. The minimum Gasteiger partial charge on any atom is -0.493 e. The van der Waals surface area contributed by atoms with Crippen molar-refractivity contribution in [1.82, 2.24) is 0 Å². The Kier molecular flexibility index (Phi) is 5.51. The lowest BCUT2D eigenvalue weighted by Gasteiger charge is -2.38. The van der Waals surface area contributed by atoms with Crippen LogP contribution in [0.5, 0.6) is 5.75 Å². The van der Waals surface area contributed by atoms with Gasteiger partial charge in [0.05, 0.1) is 6.61 Å². The highest BCUT2D eigenvalue weighted by Gasteiger charge is 2.54. The summed E-state index contributed by atoms with van der Waals surface area (Å²) in [4.78, 5) is 27.2. The van der Waals surface area contributed by atoms with E-state index in [1.54, 1.807) is 18.2 Å². The highest BCUT2D eigenvalue weighted by molar-refractivity contribution is 6.31. The first kappa shape index (κ1) is 21.7. The SMILES string of the molecule is CCOc1ccccc1C1=C[C@]2(C(=O)Nc3cc(Cl)ccc32)[C@H](c2cccc(Cl)c2)CC1=O. The Morgan fingerprint density at radius 1 is 1.00 bits per heavy atom. The zero-order valence-electron chi connectivity index (χ0n) is 17.9. The lowest BCUT2D eigenvalue weighted by Crippen LogP contribution is -2.43. The van der Waals surface area contributed by atoms with Crippen LogP contribution in [0, 0.1) is 0 Å². The second kappa shape index (κ2) is 8.36. The fraction of sp³-hybridized carbons (Fsp3) is 0.185. The van der Waals surface area contributed by atoms with Gasteiger partial charge in [0.1, 0.15) is 11.2 Å². The highest BCUT2D eigenvalue weighted by atomic mass is 35.5. The summed E-state index contributed by atoms with van der Waals surface area (Å²) in [5.41, 5.74) is 2.36. The minimum absolute atomic E-state index is 0.0482. The Morgan fingerprint density at radius 2 is 1.79 bits per heavy atom. The summed E-state index contributed by atoms with van der Waals surface area (Å²) in [5.74, 6) is -0.0450. The number of para-hydroxylation sites is 1. The van der Waals surface area contributed by atoms with Crippen molar-refractivity contribution in [2.24, 2.45) is 0 Å². The number of allylic oxidation sites excluding steroid dienone is 1. The summed E-state index contributed by atoms with van der Waals surface area (Å²) < 4.78 is 5.80. The zero-order chi connectivity index (χ0) is 23.2. The summed E-state index contributed by atoms with van der Waals surface area (Å²) in [6.45, 7) is 2.37. The smallest absolute Gasteiger partial charge is 0.239 e. The number of fused-ring (bicyclic) bond motifs is 2. The van der Waals surface area contributed by atoms with Crippen LogP contribution >= 0.6 is 23.2 Å². The first-order valence-electron chi connectivity index (χ1n) is 10.8. The van der Waals surface area contributed by atoms with Crippen LogP contribution in [0.3, 0.4) is 0 Å². The van der Waals surface area contributed by atoms with E-state index in [0.717, 1.165) is 11.1 Å². The fourth-order valence-electron chi connectivity index (χ4n) is 4.99.